The number of likely N-dealkylation sites (tertiary alicyclic amines) is 1. The molecule has 2 aliphatic rings. The molecule has 10 heteroatoms. The Labute approximate surface area is 237 Å². The number of rotatable bonds is 8. The summed E-state index contributed by atoms with van der Waals surface area (Å²) in [7, 11) is 1.80. The molecular weight excluding hydrogens is 523 g/mol. The minimum Gasteiger partial charge on any atom is -0.478 e. The van der Waals surface area contributed by atoms with Crippen LogP contribution in [0.2, 0.25) is 0 Å². The monoisotopic (exact) mass is 556 g/mol. The first kappa shape index (κ1) is 26.9. The van der Waals surface area contributed by atoms with Crippen LogP contribution in [0.4, 0.5) is 4.39 Å². The Hall–Kier alpha value is -4.34. The fourth-order valence-corrected chi connectivity index (χ4v) is 6.21. The predicted molar refractivity (Wildman–Crippen MR) is 151 cm³/mol. The molecule has 1 saturated heterocycles. The van der Waals surface area contributed by atoms with Gasteiger partial charge < -0.3 is 10.0 Å². The fraction of sp³-hybridized carbons (Fsp3) is 0.387. The normalized spacial score (nSPS) is 20.3. The van der Waals surface area contributed by atoms with Crippen LogP contribution in [-0.2, 0) is 7.05 Å². The summed E-state index contributed by atoms with van der Waals surface area (Å²) in [4.78, 5) is 27.5. The van der Waals surface area contributed by atoms with Crippen molar-refractivity contribution in [2.45, 2.75) is 63.3 Å². The summed E-state index contributed by atoms with van der Waals surface area (Å²) in [6.45, 7) is 2.81. The standard InChI is InChI=1S/C31H33FN6O3/c1-3-7-23-9-4-5-11-37(23)30(39)21-12-20(13-22(32)14-21)19-8-6-10-24(15-19)38-29(27(17-33-38)31(40)41)26-16-25(26)28-18-36(2)35-34-28/h6,8,10,12-15,17-18,23,25-26H,3-5,7,9,11,16H2,1-2H3,(H,40,41). The van der Waals surface area contributed by atoms with Gasteiger partial charge in [0.15, 0.2) is 0 Å². The van der Waals surface area contributed by atoms with Gasteiger partial charge in [-0.25, -0.2) is 13.9 Å². The van der Waals surface area contributed by atoms with Crippen LogP contribution < -0.4 is 0 Å². The summed E-state index contributed by atoms with van der Waals surface area (Å²) < 4.78 is 18.2. The third-order valence-corrected chi connectivity index (χ3v) is 8.26. The number of aromatic carboxylic acids is 1. The molecule has 3 unspecified atom stereocenters. The van der Waals surface area contributed by atoms with Crippen LogP contribution >= 0.6 is 0 Å². The average Bonchev–Trinajstić information content (AvgIpc) is 3.41. The van der Waals surface area contributed by atoms with Crippen LogP contribution in [0.25, 0.3) is 16.8 Å². The zero-order valence-electron chi connectivity index (χ0n) is 23.2. The van der Waals surface area contributed by atoms with Crippen molar-refractivity contribution < 1.29 is 19.1 Å². The number of benzene rings is 2. The molecule has 212 valence electrons. The number of hydrogen-bond acceptors (Lipinski definition) is 5. The summed E-state index contributed by atoms with van der Waals surface area (Å²) >= 11 is 0. The molecule has 3 heterocycles. The number of piperidine rings is 1. The van der Waals surface area contributed by atoms with E-state index in [1.54, 1.807) is 22.5 Å². The minimum absolute atomic E-state index is 0.0588. The molecule has 0 spiro atoms. The summed E-state index contributed by atoms with van der Waals surface area (Å²) in [6, 6.07) is 12.1. The molecule has 6 rings (SSSR count). The maximum Gasteiger partial charge on any atom is 0.339 e. The lowest BCUT2D eigenvalue weighted by Crippen LogP contribution is -2.43. The van der Waals surface area contributed by atoms with Crippen LogP contribution in [0.1, 0.15) is 89.4 Å². The van der Waals surface area contributed by atoms with Crippen LogP contribution in [0.3, 0.4) is 0 Å². The van der Waals surface area contributed by atoms with Gasteiger partial charge >= 0.3 is 5.97 Å². The average molecular weight is 557 g/mol. The Morgan fingerprint density at radius 1 is 1.10 bits per heavy atom. The largest absolute Gasteiger partial charge is 0.478 e. The summed E-state index contributed by atoms with van der Waals surface area (Å²) in [6.07, 6.45) is 8.95. The summed E-state index contributed by atoms with van der Waals surface area (Å²) in [5.41, 5.74) is 3.86. The van der Waals surface area contributed by atoms with Gasteiger partial charge in [0.1, 0.15) is 11.4 Å². The molecule has 1 aliphatic carbocycles. The first-order chi connectivity index (χ1) is 19.8. The quantitative estimate of drug-likeness (QED) is 0.304. The van der Waals surface area contributed by atoms with Gasteiger partial charge in [-0.15, -0.1) is 5.10 Å². The molecule has 2 fully saturated rings. The number of carbonyl (C=O) groups is 2. The van der Waals surface area contributed by atoms with Crippen LogP contribution in [-0.4, -0.2) is 59.2 Å². The number of nitrogens with zero attached hydrogens (tertiary/aromatic N) is 6. The van der Waals surface area contributed by atoms with E-state index in [9.17, 15) is 19.1 Å². The Kier molecular flexibility index (Phi) is 7.15. The van der Waals surface area contributed by atoms with Gasteiger partial charge in [-0.2, -0.15) is 5.10 Å². The number of aromatic nitrogens is 5. The van der Waals surface area contributed by atoms with Gasteiger partial charge in [0.05, 0.1) is 23.3 Å². The van der Waals surface area contributed by atoms with Crippen molar-refractivity contribution in [1.29, 1.82) is 0 Å². The SMILES string of the molecule is CCCC1CCCCN1C(=O)c1cc(F)cc(-c2cccc(-n3ncc(C(=O)O)c3C3CC3c3cn(C)nn3)c2)c1. The lowest BCUT2D eigenvalue weighted by atomic mass is 9.96. The second kappa shape index (κ2) is 10.9. The first-order valence-electron chi connectivity index (χ1n) is 14.2. The number of aryl methyl sites for hydroxylation is 1. The van der Waals surface area contributed by atoms with Gasteiger partial charge in [-0.3, -0.25) is 9.48 Å². The number of carbonyl (C=O) groups excluding carboxylic acids is 1. The second-order valence-corrected chi connectivity index (χ2v) is 11.1. The zero-order valence-corrected chi connectivity index (χ0v) is 23.2. The number of carboxylic acids is 1. The van der Waals surface area contributed by atoms with E-state index in [0.29, 0.717) is 34.6 Å². The van der Waals surface area contributed by atoms with Gasteiger partial charge in [0.2, 0.25) is 0 Å². The van der Waals surface area contributed by atoms with Crippen molar-refractivity contribution >= 4 is 11.9 Å². The molecule has 0 radical (unpaired) electrons. The molecule has 2 aromatic heterocycles. The molecule has 1 saturated carbocycles. The number of halogens is 1. The van der Waals surface area contributed by atoms with E-state index in [1.165, 1.54) is 18.3 Å². The lowest BCUT2D eigenvalue weighted by molar-refractivity contribution is 0.0599. The molecule has 1 N–H and O–H groups in total. The highest BCUT2D eigenvalue weighted by Crippen LogP contribution is 2.55. The number of amides is 1. The molecule has 1 aliphatic heterocycles. The molecule has 41 heavy (non-hydrogen) atoms. The number of hydrogen-bond donors (Lipinski definition) is 1. The van der Waals surface area contributed by atoms with Crippen molar-refractivity contribution in [2.75, 3.05) is 6.54 Å². The lowest BCUT2D eigenvalue weighted by Gasteiger charge is -2.36. The highest BCUT2D eigenvalue weighted by atomic mass is 19.1. The Balaban J connectivity index is 1.33. The van der Waals surface area contributed by atoms with E-state index >= 15 is 0 Å². The number of carboxylic acid groups (broad SMARTS) is 1. The van der Waals surface area contributed by atoms with Gasteiger partial charge in [0.25, 0.3) is 5.91 Å². The van der Waals surface area contributed by atoms with Crippen LogP contribution in [0, 0.1) is 5.82 Å². The molecule has 3 atom stereocenters. The molecule has 4 aromatic rings. The Morgan fingerprint density at radius 3 is 2.71 bits per heavy atom. The fourth-order valence-electron chi connectivity index (χ4n) is 6.21. The van der Waals surface area contributed by atoms with Gasteiger partial charge in [-0.05, 0) is 73.6 Å². The van der Waals surface area contributed by atoms with Crippen molar-refractivity contribution in [3.8, 4) is 16.8 Å². The van der Waals surface area contributed by atoms with Crippen LogP contribution in [0.5, 0.6) is 0 Å². The smallest absolute Gasteiger partial charge is 0.339 e. The Morgan fingerprint density at radius 2 is 1.95 bits per heavy atom. The highest BCUT2D eigenvalue weighted by Gasteiger charge is 2.46. The van der Waals surface area contributed by atoms with E-state index in [2.05, 4.69) is 22.3 Å². The van der Waals surface area contributed by atoms with E-state index in [0.717, 1.165) is 44.2 Å². The molecule has 0 bridgehead atoms. The Bertz CT molecular complexity index is 1610. The molecule has 9 nitrogen and oxygen atoms in total. The predicted octanol–water partition coefficient (Wildman–Crippen LogP) is 5.57. The van der Waals surface area contributed by atoms with Gasteiger partial charge in [-0.1, -0.05) is 30.7 Å². The molecule has 1 amide bonds. The van der Waals surface area contributed by atoms with Crippen LogP contribution in [0.15, 0.2) is 54.9 Å². The van der Waals surface area contributed by atoms with E-state index in [4.69, 9.17) is 0 Å². The zero-order chi connectivity index (χ0) is 28.7. The van der Waals surface area contributed by atoms with Crippen molar-refractivity contribution in [3.63, 3.8) is 0 Å². The molecule has 2 aromatic carbocycles. The highest BCUT2D eigenvalue weighted by molar-refractivity contribution is 5.96. The third-order valence-electron chi connectivity index (χ3n) is 8.26. The minimum atomic E-state index is -1.04. The third kappa shape index (κ3) is 5.26. The summed E-state index contributed by atoms with van der Waals surface area (Å²) in [5, 5.41) is 22.6. The summed E-state index contributed by atoms with van der Waals surface area (Å²) in [5.74, 6) is -1.66. The first-order valence-corrected chi connectivity index (χ1v) is 14.2. The van der Waals surface area contributed by atoms with Gasteiger partial charge in [0, 0.05) is 43.2 Å². The molecular formula is C31H33FN6O3. The maximum absolute atomic E-state index is 14.9. The maximum atomic E-state index is 14.9. The van der Waals surface area contributed by atoms with Crippen molar-refractivity contribution in [1.82, 2.24) is 29.7 Å². The van der Waals surface area contributed by atoms with E-state index in [-0.39, 0.29) is 29.3 Å². The second-order valence-electron chi connectivity index (χ2n) is 11.1. The van der Waals surface area contributed by atoms with E-state index in [1.807, 2.05) is 35.4 Å². The van der Waals surface area contributed by atoms with Crippen molar-refractivity contribution in [3.05, 3.63) is 83.2 Å². The van der Waals surface area contributed by atoms with E-state index < -0.39 is 11.8 Å². The van der Waals surface area contributed by atoms with Crippen molar-refractivity contribution in [2.24, 2.45) is 7.05 Å². The topological polar surface area (TPSA) is 106 Å².